The van der Waals surface area contributed by atoms with Crippen molar-refractivity contribution in [2.24, 2.45) is 5.73 Å². The minimum Gasteiger partial charge on any atom is -0.389 e. The summed E-state index contributed by atoms with van der Waals surface area (Å²) in [6.45, 7) is 0. The van der Waals surface area contributed by atoms with Crippen molar-refractivity contribution in [3.63, 3.8) is 0 Å². The van der Waals surface area contributed by atoms with E-state index < -0.39 is 5.82 Å². The molecule has 0 unspecified atom stereocenters. The Bertz CT molecular complexity index is 493. The average molecular weight is 256 g/mol. The highest BCUT2D eigenvalue weighted by atomic mass is 35.5. The Morgan fingerprint density at radius 2 is 2.31 bits per heavy atom. The Hall–Kier alpha value is -1.64. The minimum atomic E-state index is -0.524. The maximum Gasteiger partial charge on any atom is 0.148 e. The number of hydrogen-bond donors (Lipinski definition) is 2. The van der Waals surface area contributed by atoms with E-state index in [2.05, 4.69) is 17.5 Å². The molecule has 6 heteroatoms. The molecule has 0 saturated heterocycles. The van der Waals surface area contributed by atoms with Crippen molar-refractivity contribution in [3.8, 4) is 6.07 Å². The molecule has 0 bridgehead atoms. The van der Waals surface area contributed by atoms with Crippen LogP contribution in [0.1, 0.15) is 0 Å². The van der Waals surface area contributed by atoms with Crippen molar-refractivity contribution in [3.05, 3.63) is 40.8 Å². The molecular formula is C10H7ClFN3S. The Balaban J connectivity index is 2.90. The van der Waals surface area contributed by atoms with Crippen LogP contribution in [0.5, 0.6) is 0 Å². The van der Waals surface area contributed by atoms with Crippen molar-refractivity contribution in [1.82, 2.24) is 0 Å². The quantitative estimate of drug-likeness (QED) is 0.495. The van der Waals surface area contributed by atoms with E-state index in [0.717, 1.165) is 6.07 Å². The van der Waals surface area contributed by atoms with Gasteiger partial charge in [-0.3, -0.25) is 0 Å². The van der Waals surface area contributed by atoms with Gasteiger partial charge in [-0.05, 0) is 18.2 Å². The Labute approximate surface area is 102 Å². The van der Waals surface area contributed by atoms with E-state index in [0.29, 0.717) is 5.02 Å². The fourth-order valence-corrected chi connectivity index (χ4v) is 1.18. The van der Waals surface area contributed by atoms with Crippen LogP contribution in [-0.4, -0.2) is 4.99 Å². The SMILES string of the molecule is N#CC(=CNc1ccc(Cl)cc1F)C(N)=S. The molecule has 0 aliphatic heterocycles. The van der Waals surface area contributed by atoms with E-state index in [-0.39, 0.29) is 16.2 Å². The first kappa shape index (κ1) is 12.4. The summed E-state index contributed by atoms with van der Waals surface area (Å²) in [5.41, 5.74) is 5.52. The largest absolute Gasteiger partial charge is 0.389 e. The maximum atomic E-state index is 13.3. The van der Waals surface area contributed by atoms with Crippen LogP contribution in [0.25, 0.3) is 0 Å². The number of nitrogens with one attached hydrogen (secondary N) is 1. The third kappa shape index (κ3) is 3.19. The summed E-state index contributed by atoms with van der Waals surface area (Å²) >= 11 is 10.2. The minimum absolute atomic E-state index is 0.0515. The number of halogens is 2. The van der Waals surface area contributed by atoms with Gasteiger partial charge in [0.2, 0.25) is 0 Å². The summed E-state index contributed by atoms with van der Waals surface area (Å²) in [7, 11) is 0. The van der Waals surface area contributed by atoms with Crippen LogP contribution in [0.3, 0.4) is 0 Å². The zero-order chi connectivity index (χ0) is 12.1. The van der Waals surface area contributed by atoms with Gasteiger partial charge in [-0.2, -0.15) is 5.26 Å². The molecule has 0 aliphatic carbocycles. The highest BCUT2D eigenvalue weighted by molar-refractivity contribution is 7.80. The van der Waals surface area contributed by atoms with Crippen LogP contribution >= 0.6 is 23.8 Å². The second kappa shape index (κ2) is 5.45. The second-order valence-corrected chi connectivity index (χ2v) is 3.68. The zero-order valence-electron chi connectivity index (χ0n) is 8.00. The van der Waals surface area contributed by atoms with Gasteiger partial charge in [-0.1, -0.05) is 23.8 Å². The average Bonchev–Trinajstić information content (AvgIpc) is 2.21. The van der Waals surface area contributed by atoms with E-state index in [1.165, 1.54) is 18.3 Å². The third-order valence-corrected chi connectivity index (χ3v) is 2.14. The van der Waals surface area contributed by atoms with Crippen molar-refractivity contribution in [2.45, 2.75) is 0 Å². The number of nitrogens with two attached hydrogens (primary N) is 1. The molecule has 0 spiro atoms. The van der Waals surface area contributed by atoms with Gasteiger partial charge in [0.15, 0.2) is 0 Å². The molecule has 0 amide bonds. The number of nitrogens with zero attached hydrogens (tertiary/aromatic N) is 1. The Kier molecular flexibility index (Phi) is 4.23. The molecule has 3 nitrogen and oxygen atoms in total. The fourth-order valence-electron chi connectivity index (χ4n) is 0.915. The smallest absolute Gasteiger partial charge is 0.148 e. The number of hydrogen-bond acceptors (Lipinski definition) is 3. The molecule has 3 N–H and O–H groups in total. The third-order valence-electron chi connectivity index (χ3n) is 1.69. The normalized spacial score (nSPS) is 10.7. The summed E-state index contributed by atoms with van der Waals surface area (Å²) in [5.74, 6) is -0.524. The number of rotatable bonds is 3. The van der Waals surface area contributed by atoms with Gasteiger partial charge in [0, 0.05) is 11.2 Å². The van der Waals surface area contributed by atoms with Crippen LogP contribution in [0, 0.1) is 17.1 Å². The summed E-state index contributed by atoms with van der Waals surface area (Å²) in [4.78, 5) is -0.0515. The molecule has 16 heavy (non-hydrogen) atoms. The van der Waals surface area contributed by atoms with Crippen molar-refractivity contribution in [2.75, 3.05) is 5.32 Å². The van der Waals surface area contributed by atoms with Gasteiger partial charge in [-0.25, -0.2) is 4.39 Å². The Morgan fingerprint density at radius 3 is 2.81 bits per heavy atom. The lowest BCUT2D eigenvalue weighted by Crippen LogP contribution is -2.11. The summed E-state index contributed by atoms with van der Waals surface area (Å²) in [5, 5.41) is 11.5. The lowest BCUT2D eigenvalue weighted by Gasteiger charge is -2.03. The van der Waals surface area contributed by atoms with E-state index in [4.69, 9.17) is 22.6 Å². The molecule has 0 saturated carbocycles. The molecule has 0 aromatic heterocycles. The maximum absolute atomic E-state index is 13.3. The summed E-state index contributed by atoms with van der Waals surface area (Å²) < 4.78 is 13.3. The molecule has 0 fully saturated rings. The van der Waals surface area contributed by atoms with Crippen LogP contribution < -0.4 is 11.1 Å². The molecule has 1 rings (SSSR count). The van der Waals surface area contributed by atoms with Crippen molar-refractivity contribution in [1.29, 1.82) is 5.26 Å². The van der Waals surface area contributed by atoms with Gasteiger partial charge in [0.05, 0.1) is 5.69 Å². The lowest BCUT2D eigenvalue weighted by molar-refractivity contribution is 0.632. The molecule has 0 heterocycles. The molecule has 0 aliphatic rings. The van der Waals surface area contributed by atoms with Crippen LogP contribution in [0.2, 0.25) is 5.02 Å². The monoisotopic (exact) mass is 255 g/mol. The van der Waals surface area contributed by atoms with Gasteiger partial charge in [-0.15, -0.1) is 0 Å². The summed E-state index contributed by atoms with van der Waals surface area (Å²) in [6, 6.07) is 5.91. The summed E-state index contributed by atoms with van der Waals surface area (Å²) in [6.07, 6.45) is 1.24. The lowest BCUT2D eigenvalue weighted by atomic mass is 10.3. The van der Waals surface area contributed by atoms with E-state index in [1.807, 2.05) is 0 Å². The van der Waals surface area contributed by atoms with Crippen LogP contribution in [0.15, 0.2) is 30.0 Å². The van der Waals surface area contributed by atoms with Crippen molar-refractivity contribution < 1.29 is 4.39 Å². The number of nitriles is 1. The van der Waals surface area contributed by atoms with Gasteiger partial charge in [0.25, 0.3) is 0 Å². The highest BCUT2D eigenvalue weighted by Gasteiger charge is 2.02. The fraction of sp³-hybridized carbons (Fsp3) is 0. The first-order valence-corrected chi connectivity index (χ1v) is 4.95. The van der Waals surface area contributed by atoms with Crippen LogP contribution in [0.4, 0.5) is 10.1 Å². The highest BCUT2D eigenvalue weighted by Crippen LogP contribution is 2.18. The molecular weight excluding hydrogens is 249 g/mol. The first-order chi connectivity index (χ1) is 7.54. The number of benzene rings is 1. The number of anilines is 1. The second-order valence-electron chi connectivity index (χ2n) is 2.80. The topological polar surface area (TPSA) is 61.8 Å². The van der Waals surface area contributed by atoms with Gasteiger partial charge >= 0.3 is 0 Å². The van der Waals surface area contributed by atoms with Crippen molar-refractivity contribution >= 4 is 34.5 Å². The molecule has 82 valence electrons. The molecule has 1 aromatic rings. The molecule has 1 aromatic carbocycles. The predicted octanol–water partition coefficient (Wildman–Crippen LogP) is 2.58. The number of thiocarbonyl (C=S) groups is 1. The van der Waals surface area contributed by atoms with E-state index in [9.17, 15) is 4.39 Å². The zero-order valence-corrected chi connectivity index (χ0v) is 9.57. The van der Waals surface area contributed by atoms with Gasteiger partial charge in [0.1, 0.15) is 22.4 Å². The molecule has 0 atom stereocenters. The van der Waals surface area contributed by atoms with E-state index >= 15 is 0 Å². The standard InChI is InChI=1S/C10H7ClFN3S/c11-7-1-2-9(8(12)3-7)15-5-6(4-13)10(14)16/h1-3,5,15H,(H2,14,16). The van der Waals surface area contributed by atoms with Crippen LogP contribution in [-0.2, 0) is 0 Å². The van der Waals surface area contributed by atoms with Gasteiger partial charge < -0.3 is 11.1 Å². The predicted molar refractivity (Wildman–Crippen MR) is 65.5 cm³/mol. The first-order valence-electron chi connectivity index (χ1n) is 4.16. The molecule has 0 radical (unpaired) electrons. The van der Waals surface area contributed by atoms with E-state index in [1.54, 1.807) is 6.07 Å². The Morgan fingerprint density at radius 1 is 1.62 bits per heavy atom.